The number of fused-ring (bicyclic) bond motifs is 1. The summed E-state index contributed by atoms with van der Waals surface area (Å²) >= 11 is 17.6. The maximum absolute atomic E-state index is 13.3. The fourth-order valence-electron chi connectivity index (χ4n) is 3.62. The minimum absolute atomic E-state index is 0.00377. The minimum atomic E-state index is -0.591. The smallest absolute Gasteiger partial charge is 0.270 e. The van der Waals surface area contributed by atoms with Gasteiger partial charge in [-0.25, -0.2) is 4.98 Å². The van der Waals surface area contributed by atoms with Crippen LogP contribution in [0.5, 0.6) is 0 Å². The van der Waals surface area contributed by atoms with Gasteiger partial charge in [0.1, 0.15) is 11.4 Å². The molecule has 2 aromatic carbocycles. The molecule has 0 radical (unpaired) electrons. The van der Waals surface area contributed by atoms with Gasteiger partial charge in [-0.1, -0.05) is 41.4 Å². The molecule has 1 N–H and O–H groups in total. The van der Waals surface area contributed by atoms with Crippen LogP contribution in [-0.2, 0) is 9.59 Å². The number of carbonyl (C=O) groups excluding carboxylic acids is 2. The van der Waals surface area contributed by atoms with Crippen molar-refractivity contribution in [3.05, 3.63) is 94.2 Å². The summed E-state index contributed by atoms with van der Waals surface area (Å²) in [7, 11) is 0. The normalized spacial score (nSPS) is 15.4. The summed E-state index contributed by atoms with van der Waals surface area (Å²) < 4.78 is 1.86. The molecule has 0 spiro atoms. The Balaban J connectivity index is 1.64. The molecule has 33 heavy (non-hydrogen) atoms. The van der Waals surface area contributed by atoms with Crippen LogP contribution < -0.4 is 10.2 Å². The van der Waals surface area contributed by atoms with Gasteiger partial charge in [0.15, 0.2) is 5.11 Å². The molecule has 1 saturated heterocycles. The van der Waals surface area contributed by atoms with Crippen LogP contribution in [-0.4, -0.2) is 26.3 Å². The predicted octanol–water partition coefficient (Wildman–Crippen LogP) is 5.14. The topological polar surface area (TPSA) is 66.7 Å². The van der Waals surface area contributed by atoms with Gasteiger partial charge in [-0.2, -0.15) is 0 Å². The molecule has 0 bridgehead atoms. The van der Waals surface area contributed by atoms with Crippen LogP contribution in [0.15, 0.2) is 78.5 Å². The number of nitrogens with zero attached hydrogens (tertiary/aromatic N) is 3. The minimum Gasteiger partial charge on any atom is -0.299 e. The zero-order chi connectivity index (χ0) is 23.1. The van der Waals surface area contributed by atoms with Crippen molar-refractivity contribution in [2.24, 2.45) is 0 Å². The molecule has 0 aliphatic carbocycles. The molecule has 4 aromatic rings. The van der Waals surface area contributed by atoms with Crippen LogP contribution in [0, 0.1) is 0 Å². The number of rotatable bonds is 3. The summed E-state index contributed by atoms with van der Waals surface area (Å²) in [4.78, 5) is 32.0. The highest BCUT2D eigenvalue weighted by molar-refractivity contribution is 7.80. The summed E-state index contributed by atoms with van der Waals surface area (Å²) in [6, 6.07) is 19.5. The van der Waals surface area contributed by atoms with Crippen LogP contribution in [0.25, 0.3) is 23.0 Å². The zero-order valence-electron chi connectivity index (χ0n) is 16.8. The second-order valence-electron chi connectivity index (χ2n) is 7.19. The van der Waals surface area contributed by atoms with Gasteiger partial charge in [-0.05, 0) is 66.8 Å². The third kappa shape index (κ3) is 3.80. The van der Waals surface area contributed by atoms with E-state index in [1.54, 1.807) is 30.3 Å². The van der Waals surface area contributed by atoms with Crippen LogP contribution in [0.1, 0.15) is 5.69 Å². The lowest BCUT2D eigenvalue weighted by Gasteiger charge is -2.28. The van der Waals surface area contributed by atoms with E-state index in [1.807, 2.05) is 47.0 Å². The number of amides is 2. The molecular weight excluding hydrogens is 479 g/mol. The fourth-order valence-corrected chi connectivity index (χ4v) is 4.25. The van der Waals surface area contributed by atoms with Gasteiger partial charge < -0.3 is 0 Å². The summed E-state index contributed by atoms with van der Waals surface area (Å²) in [5, 5.41) is 3.63. The summed E-state index contributed by atoms with van der Waals surface area (Å²) in [6.45, 7) is 0. The van der Waals surface area contributed by atoms with Gasteiger partial charge in [-0.3, -0.25) is 24.2 Å². The molecule has 1 aliphatic heterocycles. The van der Waals surface area contributed by atoms with Crippen LogP contribution in [0.2, 0.25) is 10.0 Å². The summed E-state index contributed by atoms with van der Waals surface area (Å²) in [5.74, 6) is -0.550. The molecule has 0 atom stereocenters. The molecule has 2 amide bonds. The van der Waals surface area contributed by atoms with Gasteiger partial charge in [0.2, 0.25) is 0 Å². The van der Waals surface area contributed by atoms with Crippen LogP contribution in [0.4, 0.5) is 5.69 Å². The molecule has 2 aromatic heterocycles. The molecule has 3 heterocycles. The van der Waals surface area contributed by atoms with E-state index in [0.717, 1.165) is 5.56 Å². The monoisotopic (exact) mass is 492 g/mol. The van der Waals surface area contributed by atoms with Crippen molar-refractivity contribution in [1.29, 1.82) is 0 Å². The Labute approximate surface area is 204 Å². The van der Waals surface area contributed by atoms with Crippen molar-refractivity contribution in [3.8, 4) is 11.4 Å². The number of halogens is 2. The van der Waals surface area contributed by atoms with Crippen molar-refractivity contribution in [2.45, 2.75) is 0 Å². The highest BCUT2D eigenvalue weighted by Gasteiger charge is 2.35. The van der Waals surface area contributed by atoms with Crippen molar-refractivity contribution >= 4 is 69.6 Å². The summed E-state index contributed by atoms with van der Waals surface area (Å²) in [5.41, 5.74) is 2.30. The predicted molar refractivity (Wildman–Crippen MR) is 133 cm³/mol. The van der Waals surface area contributed by atoms with Gasteiger partial charge in [0.05, 0.1) is 21.9 Å². The van der Waals surface area contributed by atoms with Crippen molar-refractivity contribution in [2.75, 3.05) is 4.90 Å². The van der Waals surface area contributed by atoms with Gasteiger partial charge in [-0.15, -0.1) is 0 Å². The lowest BCUT2D eigenvalue weighted by Crippen LogP contribution is -2.54. The van der Waals surface area contributed by atoms with E-state index in [2.05, 4.69) is 5.32 Å². The third-order valence-electron chi connectivity index (χ3n) is 5.16. The lowest BCUT2D eigenvalue weighted by molar-refractivity contribution is -0.122. The number of thiocarbonyl (C=S) groups is 1. The van der Waals surface area contributed by atoms with E-state index in [4.69, 9.17) is 40.4 Å². The number of carbonyl (C=O) groups is 2. The average molecular weight is 493 g/mol. The quantitative estimate of drug-likeness (QED) is 0.244. The first-order chi connectivity index (χ1) is 15.9. The van der Waals surface area contributed by atoms with Crippen LogP contribution in [0.3, 0.4) is 0 Å². The lowest BCUT2D eigenvalue weighted by atomic mass is 10.1. The first kappa shape index (κ1) is 21.3. The first-order valence-electron chi connectivity index (χ1n) is 9.83. The molecule has 6 nitrogen and oxygen atoms in total. The Bertz CT molecular complexity index is 1480. The zero-order valence-corrected chi connectivity index (χ0v) is 19.2. The van der Waals surface area contributed by atoms with Gasteiger partial charge in [0, 0.05) is 16.8 Å². The van der Waals surface area contributed by atoms with Crippen molar-refractivity contribution in [3.63, 3.8) is 0 Å². The Morgan fingerprint density at radius 2 is 1.67 bits per heavy atom. The molecule has 5 rings (SSSR count). The Hall–Kier alpha value is -3.52. The Morgan fingerprint density at radius 3 is 2.42 bits per heavy atom. The largest absolute Gasteiger partial charge is 0.299 e. The van der Waals surface area contributed by atoms with Crippen LogP contribution >= 0.6 is 35.4 Å². The van der Waals surface area contributed by atoms with E-state index < -0.39 is 11.8 Å². The molecular formula is C24H14Cl2N4O2S. The average Bonchev–Trinajstić information content (AvgIpc) is 3.16. The number of anilines is 1. The molecule has 9 heteroatoms. The molecule has 162 valence electrons. The van der Waals surface area contributed by atoms with E-state index >= 15 is 0 Å². The molecule has 0 unspecified atom stereocenters. The number of aromatic nitrogens is 2. The maximum atomic E-state index is 13.3. The number of hydrogen-bond acceptors (Lipinski definition) is 4. The highest BCUT2D eigenvalue weighted by atomic mass is 35.5. The number of pyridine rings is 1. The number of nitrogens with one attached hydrogen (secondary N) is 1. The third-order valence-corrected chi connectivity index (χ3v) is 6.03. The number of hydrogen-bond donors (Lipinski definition) is 1. The molecule has 1 fully saturated rings. The van der Waals surface area contributed by atoms with Gasteiger partial charge in [0.25, 0.3) is 11.8 Å². The Morgan fingerprint density at radius 1 is 0.939 bits per heavy atom. The number of benzene rings is 2. The van der Waals surface area contributed by atoms with E-state index in [-0.39, 0.29) is 10.7 Å². The van der Waals surface area contributed by atoms with Crippen molar-refractivity contribution in [1.82, 2.24) is 14.7 Å². The van der Waals surface area contributed by atoms with Crippen molar-refractivity contribution < 1.29 is 9.59 Å². The van der Waals surface area contributed by atoms with E-state index in [0.29, 0.717) is 32.8 Å². The second-order valence-corrected chi connectivity index (χ2v) is 8.42. The first-order valence-corrected chi connectivity index (χ1v) is 11.0. The summed E-state index contributed by atoms with van der Waals surface area (Å²) in [6.07, 6.45) is 3.32. The van der Waals surface area contributed by atoms with Gasteiger partial charge >= 0.3 is 0 Å². The Kier molecular flexibility index (Phi) is 5.46. The maximum Gasteiger partial charge on any atom is 0.270 e. The number of imidazole rings is 1. The molecule has 1 aliphatic rings. The SMILES string of the molecule is O=C1NC(=S)N(c2ccc(Cl)cc2)C(=O)C1=Cc1nc(-c2ccccc2Cl)n2ccccc12. The molecule has 0 saturated carbocycles. The fraction of sp³-hybridized carbons (Fsp3) is 0. The van der Waals surface area contributed by atoms with E-state index in [9.17, 15) is 9.59 Å². The van der Waals surface area contributed by atoms with E-state index in [1.165, 1.54) is 11.0 Å². The second kappa shape index (κ2) is 8.44. The standard InChI is InChI=1S/C24H14Cl2N4O2S/c25-14-8-10-15(11-9-14)30-23(32)17(22(31)28-24(30)33)13-19-20-7-3-4-12-29(20)21(27-19)16-5-1-2-6-18(16)26/h1-13H,(H,28,31,33). The highest BCUT2D eigenvalue weighted by Crippen LogP contribution is 2.30.